The molecular weight excluding hydrogens is 204 g/mol. The highest BCUT2D eigenvalue weighted by molar-refractivity contribution is 5.60. The predicted molar refractivity (Wildman–Crippen MR) is 63.2 cm³/mol. The Morgan fingerprint density at radius 3 is 1.94 bits per heavy atom. The van der Waals surface area contributed by atoms with Gasteiger partial charge in [0.2, 0.25) is 0 Å². The molecule has 1 fully saturated rings. The lowest BCUT2D eigenvalue weighted by atomic mass is 9.61. The molecule has 0 heterocycles. The van der Waals surface area contributed by atoms with E-state index in [9.17, 15) is 4.79 Å². The molecule has 1 aliphatic rings. The summed E-state index contributed by atoms with van der Waals surface area (Å²) in [6.07, 6.45) is 0.221. The summed E-state index contributed by atoms with van der Waals surface area (Å²) < 4.78 is 9.97. The molecule has 0 amide bonds. The first-order valence-corrected chi connectivity index (χ1v) is 5.81. The summed E-state index contributed by atoms with van der Waals surface area (Å²) in [6.45, 7) is 13.3. The van der Waals surface area contributed by atoms with Crippen molar-refractivity contribution in [1.82, 2.24) is 0 Å². The van der Waals surface area contributed by atoms with Crippen LogP contribution in [0.25, 0.3) is 0 Å². The molecule has 0 spiro atoms. The second kappa shape index (κ2) is 3.64. The van der Waals surface area contributed by atoms with E-state index in [0.29, 0.717) is 0 Å². The van der Waals surface area contributed by atoms with E-state index in [2.05, 4.69) is 46.3 Å². The Labute approximate surface area is 98.5 Å². The van der Waals surface area contributed by atoms with Gasteiger partial charge in [-0.05, 0) is 17.3 Å². The largest absolute Gasteiger partial charge is 0.508 e. The SMILES string of the molecule is COC(=O)OC1CC(C)(C)C(C)(C)C1(C)C. The molecule has 1 unspecified atom stereocenters. The maximum Gasteiger partial charge on any atom is 0.508 e. The Kier molecular flexibility index (Phi) is 3.03. The minimum Gasteiger partial charge on any atom is -0.438 e. The molecule has 0 aromatic rings. The number of hydrogen-bond donors (Lipinski definition) is 0. The van der Waals surface area contributed by atoms with Gasteiger partial charge in [0.25, 0.3) is 0 Å². The predicted octanol–water partition coefficient (Wildman–Crippen LogP) is 3.62. The van der Waals surface area contributed by atoms with E-state index in [1.165, 1.54) is 7.11 Å². The van der Waals surface area contributed by atoms with Gasteiger partial charge in [0, 0.05) is 5.41 Å². The molecule has 3 heteroatoms. The van der Waals surface area contributed by atoms with Gasteiger partial charge in [-0.3, -0.25) is 0 Å². The van der Waals surface area contributed by atoms with Crippen LogP contribution in [0.2, 0.25) is 0 Å². The normalized spacial score (nSPS) is 29.8. The molecule has 0 saturated heterocycles. The van der Waals surface area contributed by atoms with E-state index in [0.717, 1.165) is 6.42 Å². The van der Waals surface area contributed by atoms with E-state index in [4.69, 9.17) is 4.74 Å². The Hall–Kier alpha value is -0.730. The van der Waals surface area contributed by atoms with Gasteiger partial charge in [0.05, 0.1) is 7.11 Å². The maximum atomic E-state index is 11.2. The summed E-state index contributed by atoms with van der Waals surface area (Å²) in [6, 6.07) is 0. The van der Waals surface area contributed by atoms with Crippen molar-refractivity contribution in [2.45, 2.75) is 54.1 Å². The van der Waals surface area contributed by atoms with E-state index in [-0.39, 0.29) is 22.3 Å². The van der Waals surface area contributed by atoms with E-state index in [1.54, 1.807) is 0 Å². The van der Waals surface area contributed by atoms with Crippen LogP contribution < -0.4 is 0 Å². The molecule has 0 bridgehead atoms. The van der Waals surface area contributed by atoms with Crippen molar-refractivity contribution in [2.75, 3.05) is 7.11 Å². The third-order valence-electron chi connectivity index (χ3n) is 5.21. The molecular formula is C13H24O3. The smallest absolute Gasteiger partial charge is 0.438 e. The van der Waals surface area contributed by atoms with Crippen LogP contribution in [0.3, 0.4) is 0 Å². The summed E-state index contributed by atoms with van der Waals surface area (Å²) in [7, 11) is 1.35. The molecule has 0 radical (unpaired) electrons. The molecule has 0 aromatic heterocycles. The molecule has 3 nitrogen and oxygen atoms in total. The van der Waals surface area contributed by atoms with Crippen molar-refractivity contribution < 1.29 is 14.3 Å². The number of ether oxygens (including phenoxy) is 2. The van der Waals surface area contributed by atoms with Gasteiger partial charge in [0.15, 0.2) is 0 Å². The van der Waals surface area contributed by atoms with Crippen LogP contribution in [0, 0.1) is 16.2 Å². The molecule has 0 N–H and O–H groups in total. The van der Waals surface area contributed by atoms with Gasteiger partial charge in [0.1, 0.15) is 6.10 Å². The first-order chi connectivity index (χ1) is 7.06. The topological polar surface area (TPSA) is 35.5 Å². The fraction of sp³-hybridized carbons (Fsp3) is 0.923. The Morgan fingerprint density at radius 1 is 1.12 bits per heavy atom. The Bertz CT molecular complexity index is 290. The van der Waals surface area contributed by atoms with Gasteiger partial charge >= 0.3 is 6.16 Å². The minimum absolute atomic E-state index is 0.0509. The highest BCUT2D eigenvalue weighted by Crippen LogP contribution is 2.62. The van der Waals surface area contributed by atoms with Gasteiger partial charge in [-0.25, -0.2) is 4.79 Å². The monoisotopic (exact) mass is 228 g/mol. The first-order valence-electron chi connectivity index (χ1n) is 5.81. The van der Waals surface area contributed by atoms with Crippen molar-refractivity contribution in [3.8, 4) is 0 Å². The fourth-order valence-corrected chi connectivity index (χ4v) is 2.60. The Balaban J connectivity index is 2.96. The fourth-order valence-electron chi connectivity index (χ4n) is 2.60. The zero-order valence-corrected chi connectivity index (χ0v) is 11.5. The highest BCUT2D eigenvalue weighted by Gasteiger charge is 2.60. The Morgan fingerprint density at radius 2 is 1.62 bits per heavy atom. The number of methoxy groups -OCH3 is 1. The van der Waals surface area contributed by atoms with Crippen molar-refractivity contribution in [3.63, 3.8) is 0 Å². The van der Waals surface area contributed by atoms with Crippen LogP contribution in [0.15, 0.2) is 0 Å². The molecule has 0 aliphatic heterocycles. The summed E-state index contributed by atoms with van der Waals surface area (Å²) >= 11 is 0. The molecule has 94 valence electrons. The molecule has 0 aromatic carbocycles. The summed E-state index contributed by atoms with van der Waals surface area (Å²) in [5.41, 5.74) is 0.207. The van der Waals surface area contributed by atoms with Crippen LogP contribution in [-0.4, -0.2) is 19.4 Å². The van der Waals surface area contributed by atoms with Gasteiger partial charge in [-0.1, -0.05) is 41.5 Å². The second-order valence-corrected chi connectivity index (χ2v) is 6.50. The van der Waals surface area contributed by atoms with Gasteiger partial charge in [-0.2, -0.15) is 0 Å². The zero-order chi connectivity index (χ0) is 12.8. The van der Waals surface area contributed by atoms with Crippen LogP contribution >= 0.6 is 0 Å². The van der Waals surface area contributed by atoms with E-state index < -0.39 is 6.16 Å². The van der Waals surface area contributed by atoms with Crippen molar-refractivity contribution in [3.05, 3.63) is 0 Å². The molecule has 1 aliphatic carbocycles. The standard InChI is InChI=1S/C13H24O3/c1-11(2)8-9(16-10(14)15-7)12(3,4)13(11,5)6/h9H,8H2,1-7H3. The van der Waals surface area contributed by atoms with Crippen LogP contribution in [0.5, 0.6) is 0 Å². The zero-order valence-electron chi connectivity index (χ0n) is 11.5. The molecule has 16 heavy (non-hydrogen) atoms. The molecule has 1 rings (SSSR count). The third kappa shape index (κ3) is 1.70. The maximum absolute atomic E-state index is 11.2. The highest BCUT2D eigenvalue weighted by atomic mass is 16.7. The van der Waals surface area contributed by atoms with Crippen LogP contribution in [0.1, 0.15) is 48.0 Å². The first kappa shape index (κ1) is 13.3. The van der Waals surface area contributed by atoms with Crippen LogP contribution in [-0.2, 0) is 9.47 Å². The van der Waals surface area contributed by atoms with Crippen molar-refractivity contribution >= 4 is 6.16 Å². The third-order valence-corrected chi connectivity index (χ3v) is 5.21. The van der Waals surface area contributed by atoms with Crippen molar-refractivity contribution in [2.24, 2.45) is 16.2 Å². The lowest BCUT2D eigenvalue weighted by Gasteiger charge is -2.44. The summed E-state index contributed by atoms with van der Waals surface area (Å²) in [5, 5.41) is 0. The average Bonchev–Trinajstić information content (AvgIpc) is 2.25. The molecule has 1 saturated carbocycles. The second-order valence-electron chi connectivity index (χ2n) is 6.50. The number of carbonyl (C=O) groups is 1. The summed E-state index contributed by atoms with van der Waals surface area (Å²) in [5.74, 6) is 0. The average molecular weight is 228 g/mol. The number of hydrogen-bond acceptors (Lipinski definition) is 3. The van der Waals surface area contributed by atoms with Crippen molar-refractivity contribution in [1.29, 1.82) is 0 Å². The number of carbonyl (C=O) groups excluding carboxylic acids is 1. The van der Waals surface area contributed by atoms with Gasteiger partial charge in [-0.15, -0.1) is 0 Å². The van der Waals surface area contributed by atoms with Crippen LogP contribution in [0.4, 0.5) is 4.79 Å². The van der Waals surface area contributed by atoms with E-state index >= 15 is 0 Å². The molecule has 1 atom stereocenters. The summed E-state index contributed by atoms with van der Waals surface area (Å²) in [4.78, 5) is 11.2. The minimum atomic E-state index is -0.577. The quantitative estimate of drug-likeness (QED) is 0.643. The van der Waals surface area contributed by atoms with Gasteiger partial charge < -0.3 is 9.47 Å². The lowest BCUT2D eigenvalue weighted by Crippen LogP contribution is -2.41. The van der Waals surface area contributed by atoms with E-state index in [1.807, 2.05) is 0 Å². The number of rotatable bonds is 1. The lowest BCUT2D eigenvalue weighted by molar-refractivity contribution is -0.0324.